The van der Waals surface area contributed by atoms with Gasteiger partial charge in [0.15, 0.2) is 0 Å². The van der Waals surface area contributed by atoms with Crippen molar-refractivity contribution in [3.8, 4) is 0 Å². The van der Waals surface area contributed by atoms with E-state index in [2.05, 4.69) is 20.5 Å². The van der Waals surface area contributed by atoms with Gasteiger partial charge >= 0.3 is 0 Å². The summed E-state index contributed by atoms with van der Waals surface area (Å²) >= 11 is 1.28. The van der Waals surface area contributed by atoms with Crippen molar-refractivity contribution in [3.05, 3.63) is 23.4 Å². The van der Waals surface area contributed by atoms with Crippen molar-refractivity contribution in [1.82, 2.24) is 25.2 Å². The van der Waals surface area contributed by atoms with Crippen molar-refractivity contribution in [3.63, 3.8) is 0 Å². The molecule has 0 spiro atoms. The fraction of sp³-hybridized carbons (Fsp3) is 0.222. The van der Waals surface area contributed by atoms with Gasteiger partial charge in [-0.25, -0.2) is 9.67 Å². The molecule has 0 bridgehead atoms. The number of pyridine rings is 1. The summed E-state index contributed by atoms with van der Waals surface area (Å²) in [6, 6.07) is 3.59. The van der Waals surface area contributed by atoms with Crippen LogP contribution in [0.25, 0.3) is 0 Å². The molecule has 17 heavy (non-hydrogen) atoms. The van der Waals surface area contributed by atoms with Crippen LogP contribution < -0.4 is 5.73 Å². The Morgan fingerprint density at radius 1 is 1.47 bits per heavy atom. The predicted octanol–water partition coefficient (Wildman–Crippen LogP) is 0.349. The zero-order chi connectivity index (χ0) is 12.4. The highest BCUT2D eigenvalue weighted by Crippen LogP contribution is 2.26. The Kier molecular flexibility index (Phi) is 3.05. The minimum Gasteiger partial charge on any atom is -0.384 e. The number of amidine groups is 1. The normalized spacial score (nSPS) is 10.5. The van der Waals surface area contributed by atoms with Crippen LogP contribution in [-0.2, 0) is 7.05 Å². The first kappa shape index (κ1) is 11.5. The molecule has 0 aliphatic rings. The highest BCUT2D eigenvalue weighted by Gasteiger charge is 2.12. The lowest BCUT2D eigenvalue weighted by Crippen LogP contribution is -2.13. The number of rotatable bonds is 3. The van der Waals surface area contributed by atoms with Gasteiger partial charge in [0.05, 0.1) is 0 Å². The van der Waals surface area contributed by atoms with Gasteiger partial charge in [0.1, 0.15) is 10.9 Å². The number of nitrogens with two attached hydrogens (primary N) is 1. The van der Waals surface area contributed by atoms with Crippen molar-refractivity contribution < 1.29 is 0 Å². The van der Waals surface area contributed by atoms with Crippen LogP contribution in [0.5, 0.6) is 0 Å². The van der Waals surface area contributed by atoms with Gasteiger partial charge in [0.25, 0.3) is 0 Å². The van der Waals surface area contributed by atoms with E-state index < -0.39 is 0 Å². The van der Waals surface area contributed by atoms with Gasteiger partial charge < -0.3 is 5.73 Å². The van der Waals surface area contributed by atoms with Crippen LogP contribution >= 0.6 is 11.8 Å². The molecule has 0 aliphatic heterocycles. The second-order valence-electron chi connectivity index (χ2n) is 3.41. The summed E-state index contributed by atoms with van der Waals surface area (Å²) in [6.45, 7) is 1.88. The zero-order valence-electron chi connectivity index (χ0n) is 9.38. The number of nitrogens with one attached hydrogen (secondary N) is 1. The lowest BCUT2D eigenvalue weighted by Gasteiger charge is -2.06. The van der Waals surface area contributed by atoms with E-state index in [0.29, 0.717) is 15.7 Å². The molecule has 0 atom stereocenters. The summed E-state index contributed by atoms with van der Waals surface area (Å²) in [5.74, 6) is -0.0184. The maximum absolute atomic E-state index is 7.50. The Morgan fingerprint density at radius 2 is 2.24 bits per heavy atom. The second kappa shape index (κ2) is 4.50. The van der Waals surface area contributed by atoms with E-state index in [9.17, 15) is 0 Å². The molecule has 0 saturated carbocycles. The van der Waals surface area contributed by atoms with Crippen LogP contribution in [0.3, 0.4) is 0 Å². The molecule has 0 radical (unpaired) electrons. The Bertz CT molecular complexity index is 562. The molecule has 2 rings (SSSR count). The van der Waals surface area contributed by atoms with Gasteiger partial charge in [-0.3, -0.25) is 5.41 Å². The van der Waals surface area contributed by atoms with E-state index in [1.54, 1.807) is 17.8 Å². The average Bonchev–Trinajstić information content (AvgIpc) is 2.64. The fourth-order valence-corrected chi connectivity index (χ4v) is 2.11. The maximum atomic E-state index is 7.50. The van der Waals surface area contributed by atoms with Crippen LogP contribution in [0.4, 0.5) is 0 Å². The molecular weight excluding hydrogens is 238 g/mol. The largest absolute Gasteiger partial charge is 0.384 e. The minimum absolute atomic E-state index is 0.0184. The SMILES string of the molecule is Cc1ccc(C(=N)N)c(Sc2nnnn2C)n1. The number of nitrogens with zero attached hydrogens (tertiary/aromatic N) is 5. The molecule has 0 saturated heterocycles. The Balaban J connectivity index is 2.41. The van der Waals surface area contributed by atoms with E-state index in [4.69, 9.17) is 11.1 Å². The van der Waals surface area contributed by atoms with Crippen LogP contribution in [0.15, 0.2) is 22.3 Å². The summed E-state index contributed by atoms with van der Waals surface area (Å²) in [5.41, 5.74) is 6.94. The zero-order valence-corrected chi connectivity index (χ0v) is 10.2. The summed E-state index contributed by atoms with van der Waals surface area (Å²) in [4.78, 5) is 4.34. The maximum Gasteiger partial charge on any atom is 0.215 e. The van der Waals surface area contributed by atoms with Gasteiger partial charge in [0, 0.05) is 18.3 Å². The number of tetrazole rings is 1. The van der Waals surface area contributed by atoms with E-state index >= 15 is 0 Å². The van der Waals surface area contributed by atoms with Crippen molar-refractivity contribution in [2.75, 3.05) is 0 Å². The van der Waals surface area contributed by atoms with Gasteiger partial charge in [-0.2, -0.15) is 0 Å². The molecule has 2 aromatic rings. The lowest BCUT2D eigenvalue weighted by molar-refractivity contribution is 0.664. The first-order valence-corrected chi connectivity index (χ1v) is 5.62. The van der Waals surface area contributed by atoms with Crippen LogP contribution in [0.2, 0.25) is 0 Å². The van der Waals surface area contributed by atoms with Gasteiger partial charge in [0.2, 0.25) is 5.16 Å². The van der Waals surface area contributed by atoms with E-state index in [-0.39, 0.29) is 5.84 Å². The summed E-state index contributed by atoms with van der Waals surface area (Å²) < 4.78 is 1.54. The third-order valence-electron chi connectivity index (χ3n) is 2.06. The molecule has 2 heterocycles. The number of nitrogen functional groups attached to an aromatic ring is 1. The molecule has 88 valence electrons. The van der Waals surface area contributed by atoms with Crippen molar-refractivity contribution in [1.29, 1.82) is 5.41 Å². The predicted molar refractivity (Wildman–Crippen MR) is 62.9 cm³/mol. The third-order valence-corrected chi connectivity index (χ3v) is 3.09. The summed E-state index contributed by atoms with van der Waals surface area (Å²) in [7, 11) is 1.74. The molecule has 3 N–H and O–H groups in total. The van der Waals surface area contributed by atoms with Crippen molar-refractivity contribution in [2.45, 2.75) is 17.1 Å². The Hall–Kier alpha value is -1.96. The summed E-state index contributed by atoms with van der Waals surface area (Å²) in [6.07, 6.45) is 0. The topological polar surface area (TPSA) is 106 Å². The quantitative estimate of drug-likeness (QED) is 0.600. The van der Waals surface area contributed by atoms with E-state index in [1.165, 1.54) is 11.8 Å². The fourth-order valence-electron chi connectivity index (χ4n) is 1.21. The Morgan fingerprint density at radius 3 is 2.82 bits per heavy atom. The smallest absolute Gasteiger partial charge is 0.215 e. The van der Waals surface area contributed by atoms with Crippen molar-refractivity contribution >= 4 is 17.6 Å². The highest BCUT2D eigenvalue weighted by molar-refractivity contribution is 7.99. The number of hydrogen-bond donors (Lipinski definition) is 2. The minimum atomic E-state index is -0.0184. The lowest BCUT2D eigenvalue weighted by atomic mass is 10.2. The van der Waals surface area contributed by atoms with Gasteiger partial charge in [-0.1, -0.05) is 0 Å². The molecular formula is C9H11N7S. The Labute approximate surface area is 102 Å². The second-order valence-corrected chi connectivity index (χ2v) is 4.36. The molecule has 0 unspecified atom stereocenters. The van der Waals surface area contributed by atoms with E-state index in [0.717, 1.165) is 5.69 Å². The van der Waals surface area contributed by atoms with Crippen LogP contribution in [-0.4, -0.2) is 31.0 Å². The molecule has 2 aromatic heterocycles. The van der Waals surface area contributed by atoms with Crippen LogP contribution in [0.1, 0.15) is 11.3 Å². The first-order chi connectivity index (χ1) is 8.08. The monoisotopic (exact) mass is 249 g/mol. The van der Waals surface area contributed by atoms with Gasteiger partial charge in [-0.05, 0) is 41.2 Å². The van der Waals surface area contributed by atoms with Crippen molar-refractivity contribution in [2.24, 2.45) is 12.8 Å². The van der Waals surface area contributed by atoms with Crippen LogP contribution in [0, 0.1) is 12.3 Å². The molecule has 0 fully saturated rings. The standard InChI is InChI=1S/C9H11N7S/c1-5-3-4-6(7(10)11)8(12-5)17-9-13-14-15-16(9)2/h3-4H,1-2H3,(H3,10,11). The molecule has 7 nitrogen and oxygen atoms in total. The van der Waals surface area contributed by atoms with E-state index in [1.807, 2.05) is 13.0 Å². The number of aromatic nitrogens is 5. The molecule has 0 aliphatic carbocycles. The summed E-state index contributed by atoms with van der Waals surface area (Å²) in [5, 5.41) is 19.9. The molecule has 0 aromatic carbocycles. The third kappa shape index (κ3) is 2.41. The van der Waals surface area contributed by atoms with Gasteiger partial charge in [-0.15, -0.1) is 5.10 Å². The molecule has 0 amide bonds. The first-order valence-electron chi connectivity index (χ1n) is 4.80. The average molecular weight is 249 g/mol. The molecule has 8 heteroatoms. The highest BCUT2D eigenvalue weighted by atomic mass is 32.2. The number of hydrogen-bond acceptors (Lipinski definition) is 6. The number of aryl methyl sites for hydroxylation is 2.